The Kier molecular flexibility index (Phi) is 7.02. The first-order chi connectivity index (χ1) is 15.4. The Bertz CT molecular complexity index is 946. The summed E-state index contributed by atoms with van der Waals surface area (Å²) in [6.45, 7) is 3.81. The van der Waals surface area contributed by atoms with E-state index in [2.05, 4.69) is 6.58 Å². The number of hydrogen-bond acceptors (Lipinski definition) is 2. The minimum Gasteiger partial charge on any atom is -0.423 e. The van der Waals surface area contributed by atoms with Crippen LogP contribution in [0.2, 0.25) is 0 Å². The van der Waals surface area contributed by atoms with Crippen molar-refractivity contribution in [3.05, 3.63) is 77.6 Å². The summed E-state index contributed by atoms with van der Waals surface area (Å²) in [7, 11) is 0. The van der Waals surface area contributed by atoms with Gasteiger partial charge in [0.15, 0.2) is 0 Å². The SMILES string of the molecule is C=CCCC1CCC2CC(c3c(F)cc(C(=O)Oc4ccc(F)cc4)cc3F)CCC2C1. The highest BCUT2D eigenvalue weighted by molar-refractivity contribution is 5.91. The Labute approximate surface area is 187 Å². The number of ether oxygens (including phenoxy) is 1. The van der Waals surface area contributed by atoms with Crippen molar-refractivity contribution >= 4 is 5.97 Å². The molecule has 0 amide bonds. The molecule has 4 unspecified atom stereocenters. The summed E-state index contributed by atoms with van der Waals surface area (Å²) in [4.78, 5) is 12.3. The summed E-state index contributed by atoms with van der Waals surface area (Å²) < 4.78 is 48.0. The molecule has 5 heteroatoms. The first kappa shape index (κ1) is 22.6. The van der Waals surface area contributed by atoms with E-state index in [1.807, 2.05) is 6.08 Å². The number of esters is 1. The summed E-state index contributed by atoms with van der Waals surface area (Å²) in [6.07, 6.45) is 10.3. The minimum atomic E-state index is -0.873. The van der Waals surface area contributed by atoms with Gasteiger partial charge in [-0.3, -0.25) is 0 Å². The van der Waals surface area contributed by atoms with Gasteiger partial charge in [-0.1, -0.05) is 12.5 Å². The molecule has 2 aliphatic rings. The molecule has 0 spiro atoms. The van der Waals surface area contributed by atoms with Crippen molar-refractivity contribution in [1.29, 1.82) is 0 Å². The van der Waals surface area contributed by atoms with Crippen LogP contribution in [0.15, 0.2) is 49.1 Å². The van der Waals surface area contributed by atoms with Crippen LogP contribution >= 0.6 is 0 Å². The molecule has 2 aliphatic carbocycles. The number of fused-ring (bicyclic) bond motifs is 1. The smallest absolute Gasteiger partial charge is 0.343 e. The lowest BCUT2D eigenvalue weighted by Gasteiger charge is -2.42. The molecule has 0 saturated heterocycles. The topological polar surface area (TPSA) is 26.3 Å². The van der Waals surface area contributed by atoms with E-state index in [9.17, 15) is 18.0 Å². The number of halogens is 3. The van der Waals surface area contributed by atoms with Gasteiger partial charge in [-0.2, -0.15) is 0 Å². The maximum atomic E-state index is 15.0. The van der Waals surface area contributed by atoms with E-state index in [4.69, 9.17) is 4.74 Å². The highest BCUT2D eigenvalue weighted by atomic mass is 19.1. The fourth-order valence-electron chi connectivity index (χ4n) is 5.63. The van der Waals surface area contributed by atoms with Crippen molar-refractivity contribution in [1.82, 2.24) is 0 Å². The Morgan fingerprint density at radius 2 is 1.62 bits per heavy atom. The molecule has 32 heavy (non-hydrogen) atoms. The maximum absolute atomic E-state index is 15.0. The first-order valence-corrected chi connectivity index (χ1v) is 11.5. The number of allylic oxidation sites excluding steroid dienone is 1. The summed E-state index contributed by atoms with van der Waals surface area (Å²) in [5.74, 6) is -0.884. The number of carbonyl (C=O) groups is 1. The van der Waals surface area contributed by atoms with Crippen LogP contribution in [0.4, 0.5) is 13.2 Å². The lowest BCUT2D eigenvalue weighted by molar-refractivity contribution is 0.0733. The first-order valence-electron chi connectivity index (χ1n) is 11.5. The third-order valence-electron chi connectivity index (χ3n) is 7.25. The summed E-state index contributed by atoms with van der Waals surface area (Å²) >= 11 is 0. The minimum absolute atomic E-state index is 0.0931. The lowest BCUT2D eigenvalue weighted by Crippen LogP contribution is -2.31. The molecule has 0 heterocycles. The van der Waals surface area contributed by atoms with E-state index < -0.39 is 23.4 Å². The van der Waals surface area contributed by atoms with E-state index >= 15 is 0 Å². The zero-order valence-electron chi connectivity index (χ0n) is 18.2. The summed E-state index contributed by atoms with van der Waals surface area (Å²) in [5.41, 5.74) is -0.0972. The van der Waals surface area contributed by atoms with Crippen LogP contribution in [0.3, 0.4) is 0 Å². The van der Waals surface area contributed by atoms with Crippen LogP contribution in [-0.4, -0.2) is 5.97 Å². The Morgan fingerprint density at radius 3 is 2.31 bits per heavy atom. The number of carbonyl (C=O) groups excluding carboxylic acids is 1. The van der Waals surface area contributed by atoms with Gasteiger partial charge >= 0.3 is 5.97 Å². The van der Waals surface area contributed by atoms with E-state index in [0.29, 0.717) is 11.8 Å². The molecule has 0 bridgehead atoms. The van der Waals surface area contributed by atoms with Crippen molar-refractivity contribution in [3.63, 3.8) is 0 Å². The average Bonchev–Trinajstić information content (AvgIpc) is 2.78. The van der Waals surface area contributed by atoms with Gasteiger partial charge in [0, 0.05) is 5.56 Å². The second kappa shape index (κ2) is 9.93. The van der Waals surface area contributed by atoms with Crippen LogP contribution in [0.25, 0.3) is 0 Å². The van der Waals surface area contributed by atoms with Gasteiger partial charge in [0.1, 0.15) is 23.2 Å². The van der Waals surface area contributed by atoms with Crippen LogP contribution in [0, 0.1) is 35.2 Å². The van der Waals surface area contributed by atoms with Gasteiger partial charge in [0.2, 0.25) is 0 Å². The van der Waals surface area contributed by atoms with Gasteiger partial charge in [0.05, 0.1) is 5.56 Å². The number of rotatable bonds is 6. The van der Waals surface area contributed by atoms with Crippen molar-refractivity contribution in [3.8, 4) is 5.75 Å². The number of benzene rings is 2. The summed E-state index contributed by atoms with van der Waals surface area (Å²) in [6, 6.07) is 7.00. The van der Waals surface area contributed by atoms with Crippen molar-refractivity contribution in [2.45, 2.75) is 57.3 Å². The van der Waals surface area contributed by atoms with E-state index in [1.165, 1.54) is 31.4 Å². The van der Waals surface area contributed by atoms with E-state index in [-0.39, 0.29) is 22.8 Å². The van der Waals surface area contributed by atoms with E-state index in [1.54, 1.807) is 0 Å². The molecule has 2 aromatic rings. The van der Waals surface area contributed by atoms with Crippen LogP contribution in [0.5, 0.6) is 5.75 Å². The molecule has 2 saturated carbocycles. The molecular weight excluding hydrogens is 413 g/mol. The second-order valence-electron chi connectivity index (χ2n) is 9.27. The molecular formula is C27H29F3O2. The van der Waals surface area contributed by atoms with Crippen LogP contribution < -0.4 is 4.74 Å². The quantitative estimate of drug-likeness (QED) is 0.262. The van der Waals surface area contributed by atoms with Crippen molar-refractivity contribution < 1.29 is 22.7 Å². The lowest BCUT2D eigenvalue weighted by atomic mass is 9.63. The fourth-order valence-corrected chi connectivity index (χ4v) is 5.63. The molecule has 0 N–H and O–H groups in total. The van der Waals surface area contributed by atoms with E-state index in [0.717, 1.165) is 62.3 Å². The number of hydrogen-bond donors (Lipinski definition) is 0. The van der Waals surface area contributed by atoms with Crippen LogP contribution in [0.1, 0.15) is 73.2 Å². The molecule has 4 atom stereocenters. The van der Waals surface area contributed by atoms with Gasteiger partial charge in [-0.05, 0) is 105 Å². The zero-order valence-corrected chi connectivity index (χ0v) is 18.2. The average molecular weight is 443 g/mol. The molecule has 170 valence electrons. The van der Waals surface area contributed by atoms with Gasteiger partial charge in [-0.15, -0.1) is 6.58 Å². The van der Waals surface area contributed by atoms with Crippen molar-refractivity contribution in [2.75, 3.05) is 0 Å². The van der Waals surface area contributed by atoms with Gasteiger partial charge in [-0.25, -0.2) is 18.0 Å². The monoisotopic (exact) mass is 442 g/mol. The predicted octanol–water partition coefficient (Wildman–Crippen LogP) is 7.59. The third-order valence-corrected chi connectivity index (χ3v) is 7.25. The summed E-state index contributed by atoms with van der Waals surface area (Å²) in [5, 5.41) is 0. The van der Waals surface area contributed by atoms with Gasteiger partial charge < -0.3 is 4.74 Å². The Morgan fingerprint density at radius 1 is 0.969 bits per heavy atom. The van der Waals surface area contributed by atoms with Gasteiger partial charge in [0.25, 0.3) is 0 Å². The molecule has 2 fully saturated rings. The third kappa shape index (κ3) is 5.08. The molecule has 0 aromatic heterocycles. The Hall–Kier alpha value is -2.56. The second-order valence-corrected chi connectivity index (χ2v) is 9.27. The maximum Gasteiger partial charge on any atom is 0.343 e. The molecule has 2 nitrogen and oxygen atoms in total. The largest absolute Gasteiger partial charge is 0.423 e. The highest BCUT2D eigenvalue weighted by Crippen LogP contribution is 2.49. The molecule has 0 radical (unpaired) electrons. The molecule has 4 rings (SSSR count). The normalized spacial score (nSPS) is 25.1. The Balaban J connectivity index is 1.43. The molecule has 2 aromatic carbocycles. The van der Waals surface area contributed by atoms with Crippen molar-refractivity contribution in [2.24, 2.45) is 17.8 Å². The molecule has 0 aliphatic heterocycles. The predicted molar refractivity (Wildman–Crippen MR) is 118 cm³/mol. The van der Waals surface area contributed by atoms with Crippen LogP contribution in [-0.2, 0) is 0 Å². The zero-order chi connectivity index (χ0) is 22.7. The standard InChI is InChI=1S/C27H29F3O2/c1-2-3-4-17-5-6-19-14-20(8-7-18(19)13-17)26-24(29)15-21(16-25(26)30)27(31)32-23-11-9-22(28)10-12-23/h2,9-12,15-20H,1,3-8,13-14H2. The fraction of sp³-hybridized carbons (Fsp3) is 0.444. The highest BCUT2D eigenvalue weighted by Gasteiger charge is 2.37.